The standard InChI is InChI=1S/C10H14/c1-8-6-9-4-2-3-5-10(9)7-8/h4-5,8H,2-3,6-7H2,1H3. The molecular formula is C10H14. The minimum Gasteiger partial charge on any atom is -0.0807 e. The molecular weight excluding hydrogens is 120 g/mol. The van der Waals surface area contributed by atoms with Crippen molar-refractivity contribution in [2.24, 2.45) is 5.92 Å². The Morgan fingerprint density at radius 2 is 1.60 bits per heavy atom. The van der Waals surface area contributed by atoms with Gasteiger partial charge in [-0.3, -0.25) is 0 Å². The van der Waals surface area contributed by atoms with Crippen molar-refractivity contribution in [3.63, 3.8) is 0 Å². The first-order valence-corrected chi connectivity index (χ1v) is 4.24. The summed E-state index contributed by atoms with van der Waals surface area (Å²) in [6.45, 7) is 2.35. The number of hydrogen-bond donors (Lipinski definition) is 0. The lowest BCUT2D eigenvalue weighted by atomic mass is 10.0. The van der Waals surface area contributed by atoms with Crippen molar-refractivity contribution in [3.8, 4) is 0 Å². The van der Waals surface area contributed by atoms with Crippen LogP contribution in [0, 0.1) is 5.92 Å². The molecule has 0 radical (unpaired) electrons. The summed E-state index contributed by atoms with van der Waals surface area (Å²) in [4.78, 5) is 0. The van der Waals surface area contributed by atoms with E-state index in [2.05, 4.69) is 19.1 Å². The quantitative estimate of drug-likeness (QED) is 0.477. The van der Waals surface area contributed by atoms with E-state index in [4.69, 9.17) is 0 Å². The Kier molecular flexibility index (Phi) is 1.40. The lowest BCUT2D eigenvalue weighted by Crippen LogP contribution is -1.85. The van der Waals surface area contributed by atoms with E-state index in [-0.39, 0.29) is 0 Å². The van der Waals surface area contributed by atoms with Crippen molar-refractivity contribution in [2.75, 3.05) is 0 Å². The van der Waals surface area contributed by atoms with Gasteiger partial charge < -0.3 is 0 Å². The van der Waals surface area contributed by atoms with E-state index in [0.29, 0.717) is 0 Å². The SMILES string of the molecule is CC1CC2=CCCC=C2C1. The van der Waals surface area contributed by atoms with Crippen molar-refractivity contribution < 1.29 is 0 Å². The van der Waals surface area contributed by atoms with Crippen LogP contribution in [-0.4, -0.2) is 0 Å². The average Bonchev–Trinajstić information content (AvgIpc) is 2.27. The molecule has 0 heteroatoms. The van der Waals surface area contributed by atoms with E-state index in [1.165, 1.54) is 25.7 Å². The molecule has 0 atom stereocenters. The van der Waals surface area contributed by atoms with Crippen LogP contribution in [0.3, 0.4) is 0 Å². The molecule has 1 fully saturated rings. The molecule has 10 heavy (non-hydrogen) atoms. The van der Waals surface area contributed by atoms with E-state index < -0.39 is 0 Å². The van der Waals surface area contributed by atoms with Crippen LogP contribution in [0.1, 0.15) is 32.6 Å². The molecule has 1 saturated carbocycles. The summed E-state index contributed by atoms with van der Waals surface area (Å²) >= 11 is 0. The van der Waals surface area contributed by atoms with Gasteiger partial charge in [-0.2, -0.15) is 0 Å². The largest absolute Gasteiger partial charge is 0.0807 e. The minimum absolute atomic E-state index is 0.913. The van der Waals surface area contributed by atoms with Gasteiger partial charge in [0.15, 0.2) is 0 Å². The summed E-state index contributed by atoms with van der Waals surface area (Å²) in [5.74, 6) is 0.913. The predicted octanol–water partition coefficient (Wildman–Crippen LogP) is 3.06. The number of rotatable bonds is 0. The predicted molar refractivity (Wildman–Crippen MR) is 43.8 cm³/mol. The number of hydrogen-bond acceptors (Lipinski definition) is 0. The molecule has 0 amide bonds. The summed E-state index contributed by atoms with van der Waals surface area (Å²) < 4.78 is 0. The van der Waals surface area contributed by atoms with Crippen LogP contribution in [0.5, 0.6) is 0 Å². The number of fused-ring (bicyclic) bond motifs is 1. The number of allylic oxidation sites excluding steroid dienone is 4. The first kappa shape index (κ1) is 6.21. The van der Waals surface area contributed by atoms with Crippen molar-refractivity contribution in [2.45, 2.75) is 32.6 Å². The normalized spacial score (nSPS) is 25.7. The molecule has 0 saturated heterocycles. The smallest absolute Gasteiger partial charge is 0.0250 e. The Hall–Kier alpha value is -0.520. The Morgan fingerprint density at radius 3 is 2.10 bits per heavy atom. The first-order valence-electron chi connectivity index (χ1n) is 4.24. The van der Waals surface area contributed by atoms with E-state index in [0.717, 1.165) is 5.92 Å². The molecule has 0 aromatic carbocycles. The molecule has 54 valence electrons. The third-order valence-corrected chi connectivity index (χ3v) is 2.50. The van der Waals surface area contributed by atoms with Crippen LogP contribution >= 0.6 is 0 Å². The summed E-state index contributed by atoms with van der Waals surface area (Å²) in [5, 5.41) is 0. The second kappa shape index (κ2) is 2.26. The summed E-state index contributed by atoms with van der Waals surface area (Å²) in [5.41, 5.74) is 3.30. The summed E-state index contributed by atoms with van der Waals surface area (Å²) in [7, 11) is 0. The Balaban J connectivity index is 2.25. The molecule has 0 heterocycles. The third kappa shape index (κ3) is 0.920. The lowest BCUT2D eigenvalue weighted by molar-refractivity contribution is 0.641. The molecule has 2 aliphatic rings. The molecule has 2 aliphatic carbocycles. The fourth-order valence-electron chi connectivity index (χ4n) is 2.03. The van der Waals surface area contributed by atoms with E-state index >= 15 is 0 Å². The summed E-state index contributed by atoms with van der Waals surface area (Å²) in [6.07, 6.45) is 10.1. The van der Waals surface area contributed by atoms with Gasteiger partial charge in [0.05, 0.1) is 0 Å². The maximum absolute atomic E-state index is 2.43. The second-order valence-electron chi connectivity index (χ2n) is 3.55. The third-order valence-electron chi connectivity index (χ3n) is 2.50. The monoisotopic (exact) mass is 134 g/mol. The van der Waals surface area contributed by atoms with Crippen molar-refractivity contribution in [1.29, 1.82) is 0 Å². The van der Waals surface area contributed by atoms with Gasteiger partial charge in [0.1, 0.15) is 0 Å². The maximum atomic E-state index is 2.43. The molecule has 2 rings (SSSR count). The molecule has 0 bridgehead atoms. The highest BCUT2D eigenvalue weighted by Crippen LogP contribution is 2.37. The van der Waals surface area contributed by atoms with Gasteiger partial charge in [0.25, 0.3) is 0 Å². The van der Waals surface area contributed by atoms with Gasteiger partial charge in [-0.25, -0.2) is 0 Å². The highest BCUT2D eigenvalue weighted by atomic mass is 14.3. The van der Waals surface area contributed by atoms with Gasteiger partial charge in [-0.05, 0) is 42.7 Å². The van der Waals surface area contributed by atoms with Crippen LogP contribution in [0.2, 0.25) is 0 Å². The van der Waals surface area contributed by atoms with Gasteiger partial charge >= 0.3 is 0 Å². The molecule has 0 N–H and O–H groups in total. The molecule has 0 aromatic heterocycles. The van der Waals surface area contributed by atoms with Gasteiger partial charge in [-0.1, -0.05) is 19.1 Å². The Morgan fingerprint density at radius 1 is 1.10 bits per heavy atom. The first-order chi connectivity index (χ1) is 4.86. The van der Waals surface area contributed by atoms with Gasteiger partial charge in [0, 0.05) is 0 Å². The van der Waals surface area contributed by atoms with Crippen LogP contribution in [0.4, 0.5) is 0 Å². The van der Waals surface area contributed by atoms with E-state index in [1.807, 2.05) is 0 Å². The van der Waals surface area contributed by atoms with Crippen molar-refractivity contribution >= 4 is 0 Å². The van der Waals surface area contributed by atoms with Gasteiger partial charge in [-0.15, -0.1) is 0 Å². The minimum atomic E-state index is 0.913. The van der Waals surface area contributed by atoms with Crippen molar-refractivity contribution in [1.82, 2.24) is 0 Å². The zero-order valence-corrected chi connectivity index (χ0v) is 6.56. The van der Waals surface area contributed by atoms with Crippen molar-refractivity contribution in [3.05, 3.63) is 23.3 Å². The molecule has 0 nitrogen and oxygen atoms in total. The zero-order valence-electron chi connectivity index (χ0n) is 6.56. The zero-order chi connectivity index (χ0) is 6.97. The summed E-state index contributed by atoms with van der Waals surface area (Å²) in [6, 6.07) is 0. The van der Waals surface area contributed by atoms with Gasteiger partial charge in [0.2, 0.25) is 0 Å². The highest BCUT2D eigenvalue weighted by Gasteiger charge is 2.20. The van der Waals surface area contributed by atoms with Crippen LogP contribution in [-0.2, 0) is 0 Å². The molecule has 0 unspecified atom stereocenters. The second-order valence-corrected chi connectivity index (χ2v) is 3.55. The highest BCUT2D eigenvalue weighted by molar-refractivity contribution is 5.37. The molecule has 0 spiro atoms. The Labute approximate surface area is 62.6 Å². The average molecular weight is 134 g/mol. The lowest BCUT2D eigenvalue weighted by Gasteiger charge is -2.05. The van der Waals surface area contributed by atoms with Crippen LogP contribution in [0.15, 0.2) is 23.3 Å². The van der Waals surface area contributed by atoms with Crippen LogP contribution < -0.4 is 0 Å². The topological polar surface area (TPSA) is 0 Å². The Bertz CT molecular complexity index is 174. The maximum Gasteiger partial charge on any atom is -0.0250 e. The molecule has 0 aliphatic heterocycles. The molecule has 0 aromatic rings. The fraction of sp³-hybridized carbons (Fsp3) is 0.600. The van der Waals surface area contributed by atoms with E-state index in [9.17, 15) is 0 Å². The fourth-order valence-corrected chi connectivity index (χ4v) is 2.03. The van der Waals surface area contributed by atoms with E-state index in [1.54, 1.807) is 11.1 Å². The van der Waals surface area contributed by atoms with Crippen LogP contribution in [0.25, 0.3) is 0 Å².